The van der Waals surface area contributed by atoms with Crippen LogP contribution in [0.15, 0.2) is 30.9 Å². The van der Waals surface area contributed by atoms with E-state index in [1.807, 2.05) is 18.7 Å². The summed E-state index contributed by atoms with van der Waals surface area (Å²) in [6, 6.07) is 4.00. The van der Waals surface area contributed by atoms with E-state index in [0.29, 0.717) is 32.5 Å². The number of nitrogens with zero attached hydrogens (tertiary/aromatic N) is 2. The number of carbonyl (C=O) groups excluding carboxylic acids is 2. The van der Waals surface area contributed by atoms with Crippen LogP contribution < -0.4 is 0 Å². The normalized spacial score (nSPS) is 22.7. The van der Waals surface area contributed by atoms with Crippen LogP contribution in [0.3, 0.4) is 0 Å². The minimum atomic E-state index is -0.858. The molecule has 0 saturated carbocycles. The van der Waals surface area contributed by atoms with Gasteiger partial charge in [0.2, 0.25) is 11.8 Å². The first-order valence-electron chi connectivity index (χ1n) is 9.43. The van der Waals surface area contributed by atoms with Gasteiger partial charge in [-0.2, -0.15) is 0 Å². The molecule has 1 atom stereocenters. The van der Waals surface area contributed by atoms with E-state index in [1.165, 1.54) is 12.1 Å². The maximum Gasteiger partial charge on any atom is 0.245 e. The number of amides is 2. The summed E-state index contributed by atoms with van der Waals surface area (Å²) in [4.78, 5) is 28.4. The molecular weight excluding hydrogens is 350 g/mol. The largest absolute Gasteiger partial charge is 0.339 e. The Hall–Kier alpha value is -2.24. The summed E-state index contributed by atoms with van der Waals surface area (Å²) in [5.41, 5.74) is 0.246. The maximum atomic E-state index is 13.7. The number of benzene rings is 1. The van der Waals surface area contributed by atoms with Crippen LogP contribution in [0.4, 0.5) is 8.78 Å². The van der Waals surface area contributed by atoms with E-state index < -0.39 is 17.2 Å². The second kappa shape index (κ2) is 7.41. The highest BCUT2D eigenvalue weighted by Crippen LogP contribution is 2.43. The topological polar surface area (TPSA) is 40.6 Å². The molecule has 27 heavy (non-hydrogen) atoms. The Balaban J connectivity index is 1.70. The Bertz CT molecular complexity index is 755. The number of likely N-dealkylation sites (tertiary alicyclic amines) is 2. The lowest BCUT2D eigenvalue weighted by atomic mass is 9.82. The van der Waals surface area contributed by atoms with E-state index in [1.54, 1.807) is 11.0 Å². The fraction of sp³-hybridized carbons (Fsp3) is 0.524. The zero-order chi connectivity index (χ0) is 19.8. The van der Waals surface area contributed by atoms with Crippen molar-refractivity contribution in [2.75, 3.05) is 19.6 Å². The average Bonchev–Trinajstić information content (AvgIpc) is 2.97. The molecule has 0 N–H and O–H groups in total. The van der Waals surface area contributed by atoms with Crippen molar-refractivity contribution in [2.45, 2.75) is 44.6 Å². The van der Waals surface area contributed by atoms with Gasteiger partial charge in [0.25, 0.3) is 0 Å². The minimum absolute atomic E-state index is 0.0426. The van der Waals surface area contributed by atoms with E-state index in [9.17, 15) is 18.4 Å². The van der Waals surface area contributed by atoms with E-state index in [4.69, 9.17) is 0 Å². The summed E-state index contributed by atoms with van der Waals surface area (Å²) >= 11 is 0. The lowest BCUT2D eigenvalue weighted by molar-refractivity contribution is -0.142. The van der Waals surface area contributed by atoms with Crippen LogP contribution in [-0.2, 0) is 9.59 Å². The molecular formula is C21H26F2N2O2. The fourth-order valence-electron chi connectivity index (χ4n) is 4.48. The number of halogens is 2. The molecule has 0 spiro atoms. The quantitative estimate of drug-likeness (QED) is 0.758. The van der Waals surface area contributed by atoms with Crippen molar-refractivity contribution >= 4 is 11.8 Å². The average molecular weight is 376 g/mol. The van der Waals surface area contributed by atoms with E-state index in [0.717, 1.165) is 18.1 Å². The zero-order valence-electron chi connectivity index (χ0n) is 15.9. The molecule has 0 aromatic heterocycles. The highest BCUT2D eigenvalue weighted by atomic mass is 19.2. The second-order valence-corrected chi connectivity index (χ2v) is 7.96. The molecule has 4 nitrogen and oxygen atoms in total. The Morgan fingerprint density at radius 1 is 1.11 bits per heavy atom. The molecule has 2 fully saturated rings. The van der Waals surface area contributed by atoms with Crippen LogP contribution in [0.2, 0.25) is 0 Å². The lowest BCUT2D eigenvalue weighted by Crippen LogP contribution is -2.50. The smallest absolute Gasteiger partial charge is 0.245 e. The van der Waals surface area contributed by atoms with Crippen LogP contribution in [0, 0.1) is 17.6 Å². The number of rotatable bonds is 3. The van der Waals surface area contributed by atoms with E-state index >= 15 is 0 Å². The first-order valence-corrected chi connectivity index (χ1v) is 9.43. The van der Waals surface area contributed by atoms with Crippen LogP contribution in [0.1, 0.15) is 44.6 Å². The molecule has 0 bridgehead atoms. The van der Waals surface area contributed by atoms with Gasteiger partial charge in [0.15, 0.2) is 11.6 Å². The van der Waals surface area contributed by atoms with Gasteiger partial charge in [-0.3, -0.25) is 9.59 Å². The third-order valence-corrected chi connectivity index (χ3v) is 6.13. The maximum absolute atomic E-state index is 13.7. The van der Waals surface area contributed by atoms with Gasteiger partial charge in [-0.25, -0.2) is 8.78 Å². The van der Waals surface area contributed by atoms with Crippen molar-refractivity contribution in [3.63, 3.8) is 0 Å². The molecule has 2 aliphatic heterocycles. The van der Waals surface area contributed by atoms with Gasteiger partial charge in [-0.1, -0.05) is 12.6 Å². The van der Waals surface area contributed by atoms with E-state index in [-0.39, 0.29) is 23.7 Å². The molecule has 2 amide bonds. The Labute approximate surface area is 158 Å². The molecule has 2 heterocycles. The number of hydrogen-bond acceptors (Lipinski definition) is 2. The highest BCUT2D eigenvalue weighted by Gasteiger charge is 2.46. The Morgan fingerprint density at radius 2 is 1.78 bits per heavy atom. The fourth-order valence-corrected chi connectivity index (χ4v) is 4.48. The SMILES string of the molecule is C=CC(=O)N1CCC(C(=O)N2CCC(c3ccc(F)c(F)c3)C2(C)C)CC1. The molecule has 0 aliphatic carbocycles. The number of hydrogen-bond donors (Lipinski definition) is 0. The van der Waals surface area contributed by atoms with Gasteiger partial charge in [0.05, 0.1) is 0 Å². The molecule has 1 aromatic rings. The van der Waals surface area contributed by atoms with Gasteiger partial charge in [-0.15, -0.1) is 0 Å². The monoisotopic (exact) mass is 376 g/mol. The summed E-state index contributed by atoms with van der Waals surface area (Å²) < 4.78 is 26.9. The van der Waals surface area contributed by atoms with E-state index in [2.05, 4.69) is 6.58 Å². The van der Waals surface area contributed by atoms with Crippen LogP contribution in [0.5, 0.6) is 0 Å². The summed E-state index contributed by atoms with van der Waals surface area (Å²) in [6.45, 7) is 9.19. The predicted octanol–water partition coefficient (Wildman–Crippen LogP) is 3.48. The first kappa shape index (κ1) is 19.5. The Kier molecular flexibility index (Phi) is 5.36. The lowest BCUT2D eigenvalue weighted by Gasteiger charge is -2.40. The summed E-state index contributed by atoms with van der Waals surface area (Å²) in [7, 11) is 0. The van der Waals surface area contributed by atoms with Crippen LogP contribution >= 0.6 is 0 Å². The summed E-state index contributed by atoms with van der Waals surface area (Å²) in [5.74, 6) is -1.87. The van der Waals surface area contributed by atoms with Crippen molar-refractivity contribution in [3.8, 4) is 0 Å². The molecule has 2 aliphatic rings. The summed E-state index contributed by atoms with van der Waals surface area (Å²) in [5, 5.41) is 0. The van der Waals surface area contributed by atoms with Crippen molar-refractivity contribution in [1.82, 2.24) is 9.80 Å². The van der Waals surface area contributed by atoms with Gasteiger partial charge >= 0.3 is 0 Å². The molecule has 1 aromatic carbocycles. The van der Waals surface area contributed by atoms with Crippen molar-refractivity contribution < 1.29 is 18.4 Å². The zero-order valence-corrected chi connectivity index (χ0v) is 15.9. The molecule has 146 valence electrons. The molecule has 6 heteroatoms. The van der Waals surface area contributed by atoms with Crippen molar-refractivity contribution in [2.24, 2.45) is 5.92 Å². The first-order chi connectivity index (χ1) is 12.8. The molecule has 1 unspecified atom stereocenters. The molecule has 3 rings (SSSR count). The molecule has 0 radical (unpaired) electrons. The Morgan fingerprint density at radius 3 is 2.37 bits per heavy atom. The van der Waals surface area contributed by atoms with Crippen molar-refractivity contribution in [3.05, 3.63) is 48.1 Å². The number of carbonyl (C=O) groups is 2. The van der Waals surface area contributed by atoms with Crippen LogP contribution in [-0.4, -0.2) is 46.8 Å². The second-order valence-electron chi connectivity index (χ2n) is 7.96. The highest BCUT2D eigenvalue weighted by molar-refractivity contribution is 5.87. The summed E-state index contributed by atoms with van der Waals surface area (Å²) in [6.07, 6.45) is 3.30. The minimum Gasteiger partial charge on any atom is -0.339 e. The molecule has 2 saturated heterocycles. The standard InChI is InChI=1S/C21H26F2N2O2/c1-4-19(26)24-10-7-14(8-11-24)20(27)25-12-9-16(21(25,2)3)15-5-6-17(22)18(23)13-15/h4-6,13-14,16H,1,7-12H2,2-3H3. The predicted molar refractivity (Wildman–Crippen MR) is 99.0 cm³/mol. The van der Waals surface area contributed by atoms with Gasteiger partial charge in [0.1, 0.15) is 0 Å². The number of piperidine rings is 1. The van der Waals surface area contributed by atoms with Gasteiger partial charge in [0, 0.05) is 37.0 Å². The van der Waals surface area contributed by atoms with Gasteiger partial charge in [-0.05, 0) is 56.9 Å². The third-order valence-electron chi connectivity index (χ3n) is 6.13. The van der Waals surface area contributed by atoms with Crippen molar-refractivity contribution in [1.29, 1.82) is 0 Å². The van der Waals surface area contributed by atoms with Gasteiger partial charge < -0.3 is 9.80 Å². The third kappa shape index (κ3) is 3.62. The van der Waals surface area contributed by atoms with Crippen LogP contribution in [0.25, 0.3) is 0 Å².